The monoisotopic (exact) mass is 442 g/mol. The van der Waals surface area contributed by atoms with Gasteiger partial charge in [0.2, 0.25) is 0 Å². The van der Waals surface area contributed by atoms with Crippen LogP contribution in [0.1, 0.15) is 18.9 Å². The Hall–Kier alpha value is -1.96. The van der Waals surface area contributed by atoms with Crippen molar-refractivity contribution >= 4 is 46.8 Å². The van der Waals surface area contributed by atoms with Crippen molar-refractivity contribution in [1.29, 1.82) is 0 Å². The molecule has 0 aliphatic rings. The molecule has 0 fully saturated rings. The SMILES string of the molecule is Br.CCOC(=O)CCc1ccccc1P(c1ccccc1)c1ccccc1. The summed E-state index contributed by atoms with van der Waals surface area (Å²) in [4.78, 5) is 11.8. The Morgan fingerprint density at radius 1 is 0.815 bits per heavy atom. The molecule has 0 aliphatic carbocycles. The largest absolute Gasteiger partial charge is 0.466 e. The highest BCUT2D eigenvalue weighted by molar-refractivity contribution is 8.93. The van der Waals surface area contributed by atoms with Crippen LogP contribution in [0.2, 0.25) is 0 Å². The summed E-state index contributed by atoms with van der Waals surface area (Å²) in [6, 6.07) is 29.7. The second kappa shape index (κ2) is 11.0. The summed E-state index contributed by atoms with van der Waals surface area (Å²) < 4.78 is 5.10. The molecular weight excluding hydrogens is 419 g/mol. The van der Waals surface area contributed by atoms with E-state index in [1.165, 1.54) is 21.5 Å². The third-order valence-corrected chi connectivity index (χ3v) is 6.71. The van der Waals surface area contributed by atoms with Crippen LogP contribution in [-0.2, 0) is 16.0 Å². The van der Waals surface area contributed by atoms with Gasteiger partial charge in [0.05, 0.1) is 6.61 Å². The Morgan fingerprint density at radius 2 is 1.33 bits per heavy atom. The molecule has 27 heavy (non-hydrogen) atoms. The number of hydrogen-bond donors (Lipinski definition) is 0. The first-order valence-electron chi connectivity index (χ1n) is 8.93. The number of rotatable bonds is 7. The number of benzene rings is 3. The summed E-state index contributed by atoms with van der Waals surface area (Å²) >= 11 is 0. The quantitative estimate of drug-likeness (QED) is 0.397. The maximum Gasteiger partial charge on any atom is 0.306 e. The van der Waals surface area contributed by atoms with Crippen molar-refractivity contribution in [2.75, 3.05) is 6.61 Å². The molecular formula is C23H24BrO2P. The maximum absolute atomic E-state index is 11.8. The zero-order chi connectivity index (χ0) is 18.2. The molecule has 3 rings (SSSR count). The van der Waals surface area contributed by atoms with Crippen LogP contribution in [0.5, 0.6) is 0 Å². The lowest BCUT2D eigenvalue weighted by molar-refractivity contribution is -0.143. The molecule has 0 radical (unpaired) electrons. The summed E-state index contributed by atoms with van der Waals surface area (Å²) in [6.45, 7) is 2.27. The van der Waals surface area contributed by atoms with E-state index in [2.05, 4.69) is 78.9 Å². The van der Waals surface area contributed by atoms with Crippen molar-refractivity contribution < 1.29 is 9.53 Å². The van der Waals surface area contributed by atoms with Gasteiger partial charge in [-0.05, 0) is 42.7 Å². The van der Waals surface area contributed by atoms with Gasteiger partial charge in [-0.15, -0.1) is 17.0 Å². The third kappa shape index (κ3) is 5.76. The first kappa shape index (κ1) is 21.3. The number of hydrogen-bond acceptors (Lipinski definition) is 2. The lowest BCUT2D eigenvalue weighted by Gasteiger charge is -2.22. The van der Waals surface area contributed by atoms with Crippen LogP contribution in [0.3, 0.4) is 0 Å². The molecule has 3 aromatic rings. The summed E-state index contributed by atoms with van der Waals surface area (Å²) in [7, 11) is -0.658. The first-order valence-corrected chi connectivity index (χ1v) is 10.3. The second-order valence-corrected chi connectivity index (χ2v) is 8.13. The molecule has 3 aromatic carbocycles. The van der Waals surface area contributed by atoms with Crippen molar-refractivity contribution in [2.45, 2.75) is 19.8 Å². The molecule has 0 aliphatic heterocycles. The van der Waals surface area contributed by atoms with E-state index in [0.717, 1.165) is 0 Å². The van der Waals surface area contributed by atoms with Crippen LogP contribution in [0.25, 0.3) is 0 Å². The molecule has 0 spiro atoms. The van der Waals surface area contributed by atoms with Gasteiger partial charge in [0.25, 0.3) is 0 Å². The number of ether oxygens (including phenoxy) is 1. The Balaban J connectivity index is 0.00000261. The van der Waals surface area contributed by atoms with Crippen molar-refractivity contribution in [3.8, 4) is 0 Å². The number of esters is 1. The Morgan fingerprint density at radius 3 is 1.89 bits per heavy atom. The fraction of sp³-hybridized carbons (Fsp3) is 0.174. The Kier molecular flexibility index (Phi) is 8.71. The average Bonchev–Trinajstić information content (AvgIpc) is 2.69. The normalized spacial score (nSPS) is 10.3. The zero-order valence-electron chi connectivity index (χ0n) is 15.4. The molecule has 0 bridgehead atoms. The van der Waals surface area contributed by atoms with E-state index in [-0.39, 0.29) is 23.0 Å². The molecule has 4 heteroatoms. The van der Waals surface area contributed by atoms with Gasteiger partial charge in [-0.1, -0.05) is 84.9 Å². The van der Waals surface area contributed by atoms with Gasteiger partial charge in [-0.3, -0.25) is 4.79 Å². The van der Waals surface area contributed by atoms with E-state index in [1.807, 2.05) is 13.0 Å². The van der Waals surface area contributed by atoms with Crippen LogP contribution in [-0.4, -0.2) is 12.6 Å². The smallest absolute Gasteiger partial charge is 0.306 e. The first-order chi connectivity index (χ1) is 12.8. The van der Waals surface area contributed by atoms with Gasteiger partial charge in [-0.2, -0.15) is 0 Å². The summed E-state index contributed by atoms with van der Waals surface area (Å²) in [5.41, 5.74) is 1.22. The molecule has 0 saturated heterocycles. The standard InChI is InChI=1S/C23H23O2P.BrH/c1-2-25-23(24)18-17-19-11-9-10-16-22(19)26(20-12-5-3-6-13-20)21-14-7-4-8-15-21;/h3-16H,2,17-18H2,1H3;1H. The van der Waals surface area contributed by atoms with Crippen LogP contribution >= 0.6 is 24.9 Å². The number of carbonyl (C=O) groups is 1. The highest BCUT2D eigenvalue weighted by atomic mass is 79.9. The van der Waals surface area contributed by atoms with E-state index in [1.54, 1.807) is 0 Å². The number of carbonyl (C=O) groups excluding carboxylic acids is 1. The fourth-order valence-corrected chi connectivity index (χ4v) is 5.50. The highest BCUT2D eigenvalue weighted by Crippen LogP contribution is 2.34. The zero-order valence-corrected chi connectivity index (χ0v) is 18.0. The Bertz CT molecular complexity index is 798. The van der Waals surface area contributed by atoms with E-state index >= 15 is 0 Å². The molecule has 0 unspecified atom stereocenters. The summed E-state index contributed by atoms with van der Waals surface area (Å²) in [5.74, 6) is -0.133. The molecule has 0 heterocycles. The van der Waals surface area contributed by atoms with Gasteiger partial charge in [0, 0.05) is 6.42 Å². The molecule has 0 aromatic heterocycles. The van der Waals surface area contributed by atoms with Gasteiger partial charge < -0.3 is 4.74 Å². The van der Waals surface area contributed by atoms with Gasteiger partial charge in [0.15, 0.2) is 0 Å². The molecule has 140 valence electrons. The minimum atomic E-state index is -0.658. The van der Waals surface area contributed by atoms with E-state index in [9.17, 15) is 4.79 Å². The van der Waals surface area contributed by atoms with E-state index < -0.39 is 7.92 Å². The molecule has 0 atom stereocenters. The van der Waals surface area contributed by atoms with Crippen LogP contribution in [0.15, 0.2) is 84.9 Å². The summed E-state index contributed by atoms with van der Waals surface area (Å²) in [6.07, 6.45) is 1.12. The molecule has 0 N–H and O–H groups in total. The lowest BCUT2D eigenvalue weighted by Crippen LogP contribution is -2.23. The minimum absolute atomic E-state index is 0. The van der Waals surface area contributed by atoms with Crippen LogP contribution < -0.4 is 15.9 Å². The number of halogens is 1. The molecule has 0 saturated carbocycles. The van der Waals surface area contributed by atoms with Crippen molar-refractivity contribution in [1.82, 2.24) is 0 Å². The van der Waals surface area contributed by atoms with Crippen LogP contribution in [0, 0.1) is 0 Å². The predicted octanol–water partition coefficient (Wildman–Crippen LogP) is 4.52. The van der Waals surface area contributed by atoms with Gasteiger partial charge in [0.1, 0.15) is 0 Å². The Labute approximate surface area is 173 Å². The average molecular weight is 443 g/mol. The van der Waals surface area contributed by atoms with Crippen molar-refractivity contribution in [3.63, 3.8) is 0 Å². The maximum atomic E-state index is 11.8. The summed E-state index contributed by atoms with van der Waals surface area (Å²) in [5, 5.41) is 3.94. The number of aryl methyl sites for hydroxylation is 1. The fourth-order valence-electron chi connectivity index (χ4n) is 2.99. The van der Waals surface area contributed by atoms with Gasteiger partial charge >= 0.3 is 5.97 Å². The third-order valence-electron chi connectivity index (χ3n) is 4.17. The molecule has 0 amide bonds. The van der Waals surface area contributed by atoms with Crippen molar-refractivity contribution in [2.24, 2.45) is 0 Å². The van der Waals surface area contributed by atoms with Crippen LogP contribution in [0.4, 0.5) is 0 Å². The second-order valence-electron chi connectivity index (χ2n) is 5.94. The lowest BCUT2D eigenvalue weighted by atomic mass is 10.1. The molecule has 2 nitrogen and oxygen atoms in total. The van der Waals surface area contributed by atoms with E-state index in [4.69, 9.17) is 4.74 Å². The topological polar surface area (TPSA) is 26.3 Å². The van der Waals surface area contributed by atoms with E-state index in [0.29, 0.717) is 19.4 Å². The van der Waals surface area contributed by atoms with Gasteiger partial charge in [-0.25, -0.2) is 0 Å². The highest BCUT2D eigenvalue weighted by Gasteiger charge is 2.19. The van der Waals surface area contributed by atoms with Crippen molar-refractivity contribution in [3.05, 3.63) is 90.5 Å². The predicted molar refractivity (Wildman–Crippen MR) is 120 cm³/mol. The minimum Gasteiger partial charge on any atom is -0.466 e.